The van der Waals surface area contributed by atoms with Gasteiger partial charge in [-0.25, -0.2) is 0 Å². The molecule has 0 spiro atoms. The second-order valence-corrected chi connectivity index (χ2v) is 3.29. The normalized spacial score (nSPS) is 10.7. The van der Waals surface area contributed by atoms with Gasteiger partial charge in [0.15, 0.2) is 0 Å². The van der Waals surface area contributed by atoms with Gasteiger partial charge in [0.2, 0.25) is 0 Å². The topological polar surface area (TPSA) is 34.9 Å². The highest BCUT2D eigenvalue weighted by Crippen LogP contribution is 2.06. The van der Waals surface area contributed by atoms with Gasteiger partial charge < -0.3 is 4.57 Å². The standard InChI is InChI=1S/C11H12N2O/c1-3-13-7-6-10-9(11(13)14)5-4-8(2)12-10/h4-7H,3H2,1-2H3. The third kappa shape index (κ3) is 1.31. The summed E-state index contributed by atoms with van der Waals surface area (Å²) in [6.45, 7) is 4.57. The van der Waals surface area contributed by atoms with Crippen LogP contribution in [0.2, 0.25) is 0 Å². The highest BCUT2D eigenvalue weighted by Gasteiger charge is 2.01. The molecule has 2 rings (SSSR count). The number of hydrogen-bond acceptors (Lipinski definition) is 2. The molecular formula is C11H12N2O. The predicted octanol–water partition coefficient (Wildman–Crippen LogP) is 1.72. The summed E-state index contributed by atoms with van der Waals surface area (Å²) in [4.78, 5) is 16.1. The molecule has 2 heterocycles. The molecule has 14 heavy (non-hydrogen) atoms. The van der Waals surface area contributed by atoms with Crippen LogP contribution in [0, 0.1) is 6.92 Å². The van der Waals surface area contributed by atoms with E-state index in [0.29, 0.717) is 11.9 Å². The molecule has 0 atom stereocenters. The molecule has 0 saturated heterocycles. The Hall–Kier alpha value is -1.64. The number of hydrogen-bond donors (Lipinski definition) is 0. The van der Waals surface area contributed by atoms with Crippen LogP contribution in [0.3, 0.4) is 0 Å². The van der Waals surface area contributed by atoms with E-state index >= 15 is 0 Å². The zero-order chi connectivity index (χ0) is 10.1. The maximum Gasteiger partial charge on any atom is 0.259 e. The van der Waals surface area contributed by atoms with Gasteiger partial charge in [-0.2, -0.15) is 0 Å². The van der Waals surface area contributed by atoms with Crippen molar-refractivity contribution in [3.05, 3.63) is 40.4 Å². The highest BCUT2D eigenvalue weighted by atomic mass is 16.1. The van der Waals surface area contributed by atoms with Crippen molar-refractivity contribution in [1.29, 1.82) is 0 Å². The lowest BCUT2D eigenvalue weighted by Gasteiger charge is -2.03. The van der Waals surface area contributed by atoms with Gasteiger partial charge in [-0.05, 0) is 32.0 Å². The summed E-state index contributed by atoms with van der Waals surface area (Å²) in [5.74, 6) is 0. The molecule has 0 amide bonds. The average molecular weight is 188 g/mol. The maximum absolute atomic E-state index is 11.8. The fourth-order valence-electron chi connectivity index (χ4n) is 1.52. The molecule has 0 aromatic carbocycles. The molecule has 2 aromatic rings. The van der Waals surface area contributed by atoms with Crippen molar-refractivity contribution in [3.63, 3.8) is 0 Å². The summed E-state index contributed by atoms with van der Waals surface area (Å²) >= 11 is 0. The first-order valence-electron chi connectivity index (χ1n) is 4.69. The van der Waals surface area contributed by atoms with Crippen molar-refractivity contribution >= 4 is 10.9 Å². The lowest BCUT2D eigenvalue weighted by atomic mass is 10.2. The van der Waals surface area contributed by atoms with Gasteiger partial charge >= 0.3 is 0 Å². The second-order valence-electron chi connectivity index (χ2n) is 3.29. The molecule has 0 N–H and O–H groups in total. The number of aromatic nitrogens is 2. The summed E-state index contributed by atoms with van der Waals surface area (Å²) in [5.41, 5.74) is 1.75. The van der Waals surface area contributed by atoms with Crippen molar-refractivity contribution < 1.29 is 0 Å². The van der Waals surface area contributed by atoms with Crippen LogP contribution in [0.15, 0.2) is 29.2 Å². The molecule has 0 unspecified atom stereocenters. The number of nitrogens with zero attached hydrogens (tertiary/aromatic N) is 2. The van der Waals surface area contributed by atoms with Crippen molar-refractivity contribution in [2.24, 2.45) is 0 Å². The number of rotatable bonds is 1. The molecular weight excluding hydrogens is 176 g/mol. The average Bonchev–Trinajstić information content (AvgIpc) is 2.18. The van der Waals surface area contributed by atoms with Crippen molar-refractivity contribution in [2.45, 2.75) is 20.4 Å². The maximum atomic E-state index is 11.8. The Labute approximate surface area is 82.0 Å². The Kier molecular flexibility index (Phi) is 2.08. The third-order valence-electron chi connectivity index (χ3n) is 2.31. The first-order chi connectivity index (χ1) is 6.72. The van der Waals surface area contributed by atoms with E-state index in [1.807, 2.05) is 32.0 Å². The molecule has 0 aliphatic rings. The largest absolute Gasteiger partial charge is 0.315 e. The summed E-state index contributed by atoms with van der Waals surface area (Å²) in [6, 6.07) is 5.59. The lowest BCUT2D eigenvalue weighted by Crippen LogP contribution is -2.18. The minimum Gasteiger partial charge on any atom is -0.315 e. The molecule has 3 heteroatoms. The Bertz CT molecular complexity index is 528. The summed E-state index contributed by atoms with van der Waals surface area (Å²) in [5, 5.41) is 0.694. The van der Waals surface area contributed by atoms with Gasteiger partial charge in [0.1, 0.15) is 0 Å². The summed E-state index contributed by atoms with van der Waals surface area (Å²) in [6.07, 6.45) is 1.79. The SMILES string of the molecule is CCn1ccc2nc(C)ccc2c1=O. The first-order valence-corrected chi connectivity index (χ1v) is 4.69. The van der Waals surface area contributed by atoms with Crippen LogP contribution in [0.4, 0.5) is 0 Å². The van der Waals surface area contributed by atoms with Gasteiger partial charge in [0.25, 0.3) is 5.56 Å². The van der Waals surface area contributed by atoms with Crippen LogP contribution >= 0.6 is 0 Å². The van der Waals surface area contributed by atoms with Crippen LogP contribution in [0.1, 0.15) is 12.6 Å². The van der Waals surface area contributed by atoms with Crippen molar-refractivity contribution in [2.75, 3.05) is 0 Å². The number of fused-ring (bicyclic) bond motifs is 1. The van der Waals surface area contributed by atoms with E-state index in [2.05, 4.69) is 4.98 Å². The number of pyridine rings is 2. The Morgan fingerprint density at radius 1 is 1.36 bits per heavy atom. The van der Waals surface area contributed by atoms with E-state index in [1.165, 1.54) is 0 Å². The van der Waals surface area contributed by atoms with E-state index in [-0.39, 0.29) is 5.56 Å². The van der Waals surface area contributed by atoms with Gasteiger partial charge in [0, 0.05) is 18.4 Å². The fourth-order valence-corrected chi connectivity index (χ4v) is 1.52. The molecule has 3 nitrogen and oxygen atoms in total. The van der Waals surface area contributed by atoms with E-state index in [4.69, 9.17) is 0 Å². The van der Waals surface area contributed by atoms with E-state index in [1.54, 1.807) is 10.8 Å². The van der Waals surface area contributed by atoms with Crippen molar-refractivity contribution in [3.8, 4) is 0 Å². The second kappa shape index (κ2) is 3.25. The predicted molar refractivity (Wildman–Crippen MR) is 56.4 cm³/mol. The Balaban J connectivity index is 2.84. The third-order valence-corrected chi connectivity index (χ3v) is 2.31. The molecule has 0 aliphatic heterocycles. The highest BCUT2D eigenvalue weighted by molar-refractivity contribution is 5.77. The van der Waals surface area contributed by atoms with E-state index in [9.17, 15) is 4.79 Å². The van der Waals surface area contributed by atoms with Crippen LogP contribution in [0.25, 0.3) is 10.9 Å². The zero-order valence-corrected chi connectivity index (χ0v) is 8.32. The molecule has 2 aromatic heterocycles. The first kappa shape index (κ1) is 8.94. The lowest BCUT2D eigenvalue weighted by molar-refractivity contribution is 0.734. The molecule has 0 aliphatic carbocycles. The van der Waals surface area contributed by atoms with Gasteiger partial charge in [0.05, 0.1) is 10.9 Å². The molecule has 0 radical (unpaired) electrons. The monoisotopic (exact) mass is 188 g/mol. The molecule has 0 fully saturated rings. The summed E-state index contributed by atoms with van der Waals surface area (Å²) in [7, 11) is 0. The molecule has 0 bridgehead atoms. The number of aryl methyl sites for hydroxylation is 2. The van der Waals surface area contributed by atoms with Gasteiger partial charge in [-0.1, -0.05) is 0 Å². The zero-order valence-electron chi connectivity index (χ0n) is 8.32. The minimum atomic E-state index is 0.0394. The smallest absolute Gasteiger partial charge is 0.259 e. The Morgan fingerprint density at radius 3 is 2.86 bits per heavy atom. The minimum absolute atomic E-state index is 0.0394. The van der Waals surface area contributed by atoms with Crippen molar-refractivity contribution in [1.82, 2.24) is 9.55 Å². The van der Waals surface area contributed by atoms with Crippen LogP contribution < -0.4 is 5.56 Å². The quantitative estimate of drug-likeness (QED) is 0.683. The molecule has 0 saturated carbocycles. The fraction of sp³-hybridized carbons (Fsp3) is 0.273. The molecule has 72 valence electrons. The van der Waals surface area contributed by atoms with E-state index < -0.39 is 0 Å². The van der Waals surface area contributed by atoms with Crippen LogP contribution in [-0.2, 0) is 6.54 Å². The van der Waals surface area contributed by atoms with Crippen LogP contribution in [-0.4, -0.2) is 9.55 Å². The summed E-state index contributed by atoms with van der Waals surface area (Å²) < 4.78 is 1.68. The van der Waals surface area contributed by atoms with Crippen LogP contribution in [0.5, 0.6) is 0 Å². The van der Waals surface area contributed by atoms with Gasteiger partial charge in [-0.15, -0.1) is 0 Å². The van der Waals surface area contributed by atoms with E-state index in [0.717, 1.165) is 11.2 Å². The Morgan fingerprint density at radius 2 is 2.14 bits per heavy atom. The van der Waals surface area contributed by atoms with Gasteiger partial charge in [-0.3, -0.25) is 9.78 Å².